The van der Waals surface area contributed by atoms with Crippen molar-refractivity contribution in [3.63, 3.8) is 0 Å². The van der Waals surface area contributed by atoms with Crippen LogP contribution < -0.4 is 20.9 Å². The molecule has 22 heteroatoms. The molecule has 4 aromatic rings. The zero-order valence-corrected chi connectivity index (χ0v) is 29.1. The summed E-state index contributed by atoms with van der Waals surface area (Å²) in [7, 11) is 0. The summed E-state index contributed by atoms with van der Waals surface area (Å²) < 4.78 is 103. The first-order chi connectivity index (χ1) is 26.1. The van der Waals surface area contributed by atoms with Crippen molar-refractivity contribution in [2.75, 3.05) is 47.0 Å². The minimum absolute atomic E-state index is 0.113. The van der Waals surface area contributed by atoms with Gasteiger partial charge in [-0.25, -0.2) is 19.4 Å². The third-order valence-electron chi connectivity index (χ3n) is 7.79. The highest BCUT2D eigenvalue weighted by atomic mass is 35.5. The number of carbonyl (C=O) groups is 3. The molecule has 0 aliphatic carbocycles. The molecular weight excluding hydrogens is 793 g/mol. The van der Waals surface area contributed by atoms with Crippen molar-refractivity contribution in [3.8, 4) is 0 Å². The maximum Gasteiger partial charge on any atom is 0.490 e. The largest absolute Gasteiger partial charge is 0.490 e. The zero-order chi connectivity index (χ0) is 41.4. The van der Waals surface area contributed by atoms with Crippen LogP contribution in [0.3, 0.4) is 0 Å². The number of alkyl halides is 9. The number of piperazine rings is 1. The minimum atomic E-state index is -5.08. The van der Waals surface area contributed by atoms with Crippen molar-refractivity contribution in [2.24, 2.45) is 0 Å². The predicted octanol–water partition coefficient (Wildman–Crippen LogP) is 8.36. The number of hydrogen-bond acceptors (Lipinski definition) is 8. The van der Waals surface area contributed by atoms with Gasteiger partial charge in [-0.05, 0) is 72.5 Å². The molecule has 2 amide bonds. The summed E-state index contributed by atoms with van der Waals surface area (Å²) in [5.41, 5.74) is 4.39. The summed E-state index contributed by atoms with van der Waals surface area (Å²) in [6, 6.07) is 18.5. The van der Waals surface area contributed by atoms with Crippen molar-refractivity contribution in [1.82, 2.24) is 14.9 Å². The Hall–Kier alpha value is -5.99. The van der Waals surface area contributed by atoms with Gasteiger partial charge in [0.2, 0.25) is 5.95 Å². The second-order valence-electron chi connectivity index (χ2n) is 11.8. The number of aryl methyl sites for hydroxylation is 2. The number of benzene rings is 3. The summed E-state index contributed by atoms with van der Waals surface area (Å²) in [6.07, 6.45) is -11.5. The number of hydrogen-bond donors (Lipinski definition) is 5. The Bertz CT molecular complexity index is 2020. The van der Waals surface area contributed by atoms with Crippen molar-refractivity contribution >= 4 is 64.1 Å². The summed E-state index contributed by atoms with van der Waals surface area (Å²) in [4.78, 5) is 43.4. The molecule has 6 rings (SSSR count). The summed E-state index contributed by atoms with van der Waals surface area (Å²) in [5, 5.41) is 23.8. The van der Waals surface area contributed by atoms with Gasteiger partial charge >= 0.3 is 36.5 Å². The number of aliphatic carboxylic acids is 2. The fraction of sp³-hybridized carbons (Fsp3) is 0.265. The van der Waals surface area contributed by atoms with E-state index in [1.54, 1.807) is 11.1 Å². The number of aromatic nitrogens is 2. The van der Waals surface area contributed by atoms with Gasteiger partial charge in [-0.2, -0.15) is 44.5 Å². The molecule has 0 radical (unpaired) electrons. The van der Waals surface area contributed by atoms with Gasteiger partial charge in [0, 0.05) is 48.9 Å². The van der Waals surface area contributed by atoms with Crippen LogP contribution in [0.15, 0.2) is 72.9 Å². The molecule has 3 heterocycles. The van der Waals surface area contributed by atoms with Crippen molar-refractivity contribution in [3.05, 3.63) is 94.6 Å². The van der Waals surface area contributed by atoms with Gasteiger partial charge < -0.3 is 36.0 Å². The van der Waals surface area contributed by atoms with Crippen molar-refractivity contribution in [2.45, 2.75) is 31.4 Å². The van der Waals surface area contributed by atoms with Gasteiger partial charge in [0.05, 0.1) is 11.8 Å². The standard InChI is InChI=1S/C30H27ClF3N7O.2C2HF3O2/c31-25-18-35-28-37-22-5-1-3-19(15-22)7-8-20-16-24(36-27(25)39-28)9-10-26(20)40-11-13-41(14-12-40)29(42)38-23-6-2-4-21(17-23)30(32,33)34;2*3-2(4,5)1(6)7/h1-6,9-10,15-18H,7-8,11-14H2,(H,38,42)(H2,35,36,37,39);2*(H,6,7). The number of nitrogens with one attached hydrogen (secondary N) is 3. The van der Waals surface area contributed by atoms with Crippen LogP contribution in [0.1, 0.15) is 16.7 Å². The molecule has 0 saturated carbocycles. The van der Waals surface area contributed by atoms with Gasteiger partial charge in [-0.1, -0.05) is 29.8 Å². The summed E-state index contributed by atoms with van der Waals surface area (Å²) in [5.74, 6) is -4.59. The van der Waals surface area contributed by atoms with Crippen LogP contribution in [-0.4, -0.2) is 81.6 Å². The average Bonchev–Trinajstić information content (AvgIpc) is 3.12. The molecule has 5 N–H and O–H groups in total. The Balaban J connectivity index is 0.000000425. The number of carbonyl (C=O) groups excluding carboxylic acids is 1. The van der Waals surface area contributed by atoms with E-state index in [-0.39, 0.29) is 5.69 Å². The third-order valence-corrected chi connectivity index (χ3v) is 8.06. The molecule has 12 nitrogen and oxygen atoms in total. The van der Waals surface area contributed by atoms with E-state index in [0.29, 0.717) is 43.0 Å². The summed E-state index contributed by atoms with van der Waals surface area (Å²) in [6.45, 7) is 2.02. The Morgan fingerprint density at radius 3 is 1.96 bits per heavy atom. The maximum absolute atomic E-state index is 13.1. The predicted molar refractivity (Wildman–Crippen MR) is 186 cm³/mol. The highest BCUT2D eigenvalue weighted by Crippen LogP contribution is 2.33. The van der Waals surface area contributed by atoms with Crippen molar-refractivity contribution < 1.29 is 64.1 Å². The Kier molecular flexibility index (Phi) is 13.5. The van der Waals surface area contributed by atoms with Gasteiger partial charge in [0.15, 0.2) is 5.82 Å². The normalized spacial score (nSPS) is 14.0. The molecule has 0 atom stereocenters. The lowest BCUT2D eigenvalue weighted by molar-refractivity contribution is -0.193. The molecule has 0 unspecified atom stereocenters. The third kappa shape index (κ3) is 12.3. The molecule has 3 aromatic carbocycles. The highest BCUT2D eigenvalue weighted by Gasteiger charge is 2.39. The number of nitrogens with zero attached hydrogens (tertiary/aromatic N) is 4. The fourth-order valence-electron chi connectivity index (χ4n) is 5.16. The number of amides is 2. The zero-order valence-electron chi connectivity index (χ0n) is 28.4. The Morgan fingerprint density at radius 2 is 1.36 bits per heavy atom. The quantitative estimate of drug-likeness (QED) is 0.124. The number of anilines is 6. The molecular formula is C34H29ClF9N7O5. The van der Waals surface area contributed by atoms with E-state index in [1.807, 2.05) is 18.2 Å². The van der Waals surface area contributed by atoms with Gasteiger partial charge in [-0.15, -0.1) is 0 Å². The molecule has 300 valence electrons. The number of carboxylic acid groups (broad SMARTS) is 2. The summed E-state index contributed by atoms with van der Waals surface area (Å²) >= 11 is 6.39. The molecule has 56 heavy (non-hydrogen) atoms. The lowest BCUT2D eigenvalue weighted by Gasteiger charge is -2.37. The van der Waals surface area contributed by atoms with E-state index in [2.05, 4.69) is 55.1 Å². The molecule has 2 aliphatic rings. The first-order valence-corrected chi connectivity index (χ1v) is 16.3. The van der Waals surface area contributed by atoms with Crippen LogP contribution in [0.2, 0.25) is 5.02 Å². The number of halogens is 10. The second-order valence-corrected chi connectivity index (χ2v) is 12.2. The minimum Gasteiger partial charge on any atom is -0.475 e. The number of rotatable bonds is 2. The molecule has 1 saturated heterocycles. The second kappa shape index (κ2) is 17.6. The van der Waals surface area contributed by atoms with Crippen LogP contribution in [0.25, 0.3) is 0 Å². The lowest BCUT2D eigenvalue weighted by Crippen LogP contribution is -2.50. The van der Waals surface area contributed by atoms with E-state index < -0.39 is 42.1 Å². The molecule has 6 bridgehead atoms. The van der Waals surface area contributed by atoms with Gasteiger partial charge in [-0.3, -0.25) is 0 Å². The molecule has 2 aliphatic heterocycles. The van der Waals surface area contributed by atoms with Crippen LogP contribution in [0.4, 0.5) is 78.8 Å². The van der Waals surface area contributed by atoms with E-state index in [0.717, 1.165) is 53.2 Å². The SMILES string of the molecule is O=C(Nc1cccc(C(F)(F)F)c1)N1CCN(c2ccc3cc2CCc2cccc(c2)Nc2ncc(Cl)c(n2)N3)CC1.O=C(O)C(F)(F)F.O=C(O)C(F)(F)F. The van der Waals surface area contributed by atoms with E-state index in [9.17, 15) is 44.3 Å². The van der Waals surface area contributed by atoms with E-state index in [1.165, 1.54) is 12.1 Å². The molecule has 1 aromatic heterocycles. The monoisotopic (exact) mass is 821 g/mol. The lowest BCUT2D eigenvalue weighted by atomic mass is 10.0. The van der Waals surface area contributed by atoms with Crippen LogP contribution in [0.5, 0.6) is 0 Å². The molecule has 1 fully saturated rings. The van der Waals surface area contributed by atoms with Gasteiger partial charge in [0.25, 0.3) is 0 Å². The maximum atomic E-state index is 13.1. The number of carboxylic acids is 2. The van der Waals surface area contributed by atoms with E-state index in [4.69, 9.17) is 31.4 Å². The molecule has 0 spiro atoms. The fourth-order valence-corrected chi connectivity index (χ4v) is 5.30. The van der Waals surface area contributed by atoms with Crippen LogP contribution in [-0.2, 0) is 28.6 Å². The van der Waals surface area contributed by atoms with Gasteiger partial charge in [0.1, 0.15) is 5.02 Å². The Labute approximate surface area is 315 Å². The number of urea groups is 1. The van der Waals surface area contributed by atoms with Crippen LogP contribution in [0, 0.1) is 0 Å². The Morgan fingerprint density at radius 1 is 0.750 bits per heavy atom. The topological polar surface area (TPSA) is 160 Å². The highest BCUT2D eigenvalue weighted by molar-refractivity contribution is 6.32. The number of fused-ring (bicyclic) bond motifs is 6. The van der Waals surface area contributed by atoms with E-state index >= 15 is 0 Å². The van der Waals surface area contributed by atoms with Crippen LogP contribution >= 0.6 is 11.6 Å². The first-order valence-electron chi connectivity index (χ1n) is 16.0. The first kappa shape index (κ1) is 42.7. The average molecular weight is 822 g/mol. The smallest absolute Gasteiger partial charge is 0.475 e. The van der Waals surface area contributed by atoms with Crippen molar-refractivity contribution in [1.29, 1.82) is 0 Å².